The van der Waals surface area contributed by atoms with Gasteiger partial charge in [0.25, 0.3) is 0 Å². The summed E-state index contributed by atoms with van der Waals surface area (Å²) >= 11 is 5.75. The number of carbonyl (C=O) groups is 1. The van der Waals surface area contributed by atoms with E-state index in [4.69, 9.17) is 17.3 Å². The second-order valence-corrected chi connectivity index (χ2v) is 3.96. The van der Waals surface area contributed by atoms with E-state index in [0.717, 1.165) is 0 Å². The summed E-state index contributed by atoms with van der Waals surface area (Å²) in [5, 5.41) is 0.455. The molecule has 0 spiro atoms. The highest BCUT2D eigenvalue weighted by Gasteiger charge is 2.11. The molecule has 0 aliphatic carbocycles. The molecule has 0 fully saturated rings. The van der Waals surface area contributed by atoms with Crippen LogP contribution < -0.4 is 5.73 Å². The van der Waals surface area contributed by atoms with Crippen molar-refractivity contribution in [2.75, 3.05) is 13.6 Å². The second-order valence-electron chi connectivity index (χ2n) is 3.52. The van der Waals surface area contributed by atoms with E-state index in [9.17, 15) is 9.18 Å². The highest BCUT2D eigenvalue weighted by Crippen LogP contribution is 2.16. The fourth-order valence-electron chi connectivity index (χ4n) is 1.32. The number of carbonyl (C=O) groups excluding carboxylic acids is 1. The minimum Gasteiger partial charge on any atom is -0.341 e. The van der Waals surface area contributed by atoms with Gasteiger partial charge in [0.05, 0.1) is 0 Å². The Morgan fingerprint density at radius 3 is 2.88 bits per heavy atom. The van der Waals surface area contributed by atoms with Crippen molar-refractivity contribution >= 4 is 17.5 Å². The van der Waals surface area contributed by atoms with Crippen LogP contribution >= 0.6 is 11.6 Å². The Morgan fingerprint density at radius 2 is 2.25 bits per heavy atom. The third-order valence-electron chi connectivity index (χ3n) is 2.20. The molecule has 0 unspecified atom stereocenters. The monoisotopic (exact) mass is 244 g/mol. The Kier molecular flexibility index (Phi) is 4.71. The molecule has 2 N–H and O–H groups in total. The summed E-state index contributed by atoms with van der Waals surface area (Å²) < 4.78 is 13.4. The van der Waals surface area contributed by atoms with Crippen molar-refractivity contribution in [2.24, 2.45) is 5.73 Å². The van der Waals surface area contributed by atoms with Gasteiger partial charge in [0.2, 0.25) is 5.91 Å². The van der Waals surface area contributed by atoms with E-state index in [2.05, 4.69) is 0 Å². The van der Waals surface area contributed by atoms with Crippen LogP contribution in [0.5, 0.6) is 0 Å². The van der Waals surface area contributed by atoms with E-state index < -0.39 is 0 Å². The quantitative estimate of drug-likeness (QED) is 0.878. The molecule has 0 aromatic heterocycles. The van der Waals surface area contributed by atoms with Gasteiger partial charge in [0, 0.05) is 37.1 Å². The molecular weight excluding hydrogens is 231 g/mol. The molecule has 0 aliphatic heterocycles. The summed E-state index contributed by atoms with van der Waals surface area (Å²) in [6, 6.07) is 4.28. The van der Waals surface area contributed by atoms with Crippen molar-refractivity contribution in [3.63, 3.8) is 0 Å². The van der Waals surface area contributed by atoms with Gasteiger partial charge in [0.15, 0.2) is 0 Å². The van der Waals surface area contributed by atoms with Gasteiger partial charge in [-0.15, -0.1) is 0 Å². The summed E-state index contributed by atoms with van der Waals surface area (Å²) in [6.07, 6.45) is 0.263. The molecule has 0 heterocycles. The van der Waals surface area contributed by atoms with Gasteiger partial charge in [-0.25, -0.2) is 4.39 Å². The highest BCUT2D eigenvalue weighted by molar-refractivity contribution is 6.30. The first kappa shape index (κ1) is 12.9. The van der Waals surface area contributed by atoms with Crippen LogP contribution in [0.3, 0.4) is 0 Å². The number of nitrogens with zero attached hydrogens (tertiary/aromatic N) is 1. The number of nitrogens with two attached hydrogens (primary N) is 1. The molecule has 0 radical (unpaired) electrons. The topological polar surface area (TPSA) is 46.3 Å². The number of rotatable bonds is 4. The Hall–Kier alpha value is -1.13. The van der Waals surface area contributed by atoms with E-state index in [0.29, 0.717) is 17.1 Å². The zero-order chi connectivity index (χ0) is 12.1. The molecule has 0 atom stereocenters. The molecular formula is C11H14ClFN2O. The van der Waals surface area contributed by atoms with Crippen molar-refractivity contribution in [3.8, 4) is 0 Å². The van der Waals surface area contributed by atoms with Crippen molar-refractivity contribution in [1.82, 2.24) is 4.90 Å². The van der Waals surface area contributed by atoms with E-state index in [1.165, 1.54) is 23.1 Å². The average molecular weight is 245 g/mol. The lowest BCUT2D eigenvalue weighted by atomic mass is 10.2. The maximum absolute atomic E-state index is 13.4. The lowest BCUT2D eigenvalue weighted by Gasteiger charge is -2.17. The smallest absolute Gasteiger partial charge is 0.223 e. The molecule has 1 amide bonds. The van der Waals surface area contributed by atoms with Crippen LogP contribution in [0.2, 0.25) is 5.02 Å². The molecule has 0 bridgehead atoms. The molecule has 3 nitrogen and oxygen atoms in total. The third-order valence-corrected chi connectivity index (χ3v) is 2.43. The van der Waals surface area contributed by atoms with Crippen LogP contribution in [0.1, 0.15) is 12.0 Å². The zero-order valence-corrected chi connectivity index (χ0v) is 9.80. The Labute approximate surface area is 99.0 Å². The van der Waals surface area contributed by atoms with Crippen LogP contribution in [0, 0.1) is 5.82 Å². The summed E-state index contributed by atoms with van der Waals surface area (Å²) in [5.74, 6) is -0.473. The summed E-state index contributed by atoms with van der Waals surface area (Å²) in [4.78, 5) is 12.9. The molecule has 0 saturated heterocycles. The molecule has 0 aliphatic rings. The molecule has 1 rings (SSSR count). The Bertz CT molecular complexity index is 384. The maximum Gasteiger partial charge on any atom is 0.223 e. The van der Waals surface area contributed by atoms with Crippen LogP contribution in [0.25, 0.3) is 0 Å². The third kappa shape index (κ3) is 3.47. The van der Waals surface area contributed by atoms with Gasteiger partial charge in [0.1, 0.15) is 5.82 Å². The molecule has 16 heavy (non-hydrogen) atoms. The second kappa shape index (κ2) is 5.82. The lowest BCUT2D eigenvalue weighted by molar-refractivity contribution is -0.130. The number of halogens is 2. The number of hydrogen-bond acceptors (Lipinski definition) is 2. The fourth-order valence-corrected chi connectivity index (χ4v) is 1.52. The van der Waals surface area contributed by atoms with Gasteiger partial charge < -0.3 is 10.6 Å². The summed E-state index contributed by atoms with van der Waals surface area (Å²) in [5.41, 5.74) is 5.68. The van der Waals surface area contributed by atoms with Gasteiger partial charge >= 0.3 is 0 Å². The first-order chi connectivity index (χ1) is 7.54. The zero-order valence-electron chi connectivity index (χ0n) is 9.04. The van der Waals surface area contributed by atoms with Crippen LogP contribution in [0.15, 0.2) is 18.2 Å². The normalized spacial score (nSPS) is 10.2. The SMILES string of the molecule is CN(Cc1cc(Cl)ccc1F)C(=O)CCN. The molecule has 0 saturated carbocycles. The average Bonchev–Trinajstić information content (AvgIpc) is 2.23. The standard InChI is InChI=1S/C11H14ClFN2O/c1-15(11(16)4-5-14)7-8-6-9(12)2-3-10(8)13/h2-3,6H,4-5,7,14H2,1H3. The number of amides is 1. The number of hydrogen-bond donors (Lipinski definition) is 1. The largest absolute Gasteiger partial charge is 0.341 e. The van der Waals surface area contributed by atoms with Crippen molar-refractivity contribution < 1.29 is 9.18 Å². The first-order valence-corrected chi connectivity index (χ1v) is 5.30. The van der Waals surface area contributed by atoms with E-state index in [1.54, 1.807) is 7.05 Å². The predicted molar refractivity (Wildman–Crippen MR) is 61.6 cm³/mol. The molecule has 1 aromatic rings. The van der Waals surface area contributed by atoms with Crippen molar-refractivity contribution in [2.45, 2.75) is 13.0 Å². The minimum absolute atomic E-state index is 0.109. The first-order valence-electron chi connectivity index (χ1n) is 4.92. The van der Waals surface area contributed by atoms with Crippen LogP contribution in [-0.4, -0.2) is 24.4 Å². The van der Waals surface area contributed by atoms with Crippen LogP contribution in [-0.2, 0) is 11.3 Å². The predicted octanol–water partition coefficient (Wildman–Crippen LogP) is 1.79. The van der Waals surface area contributed by atoms with Gasteiger partial charge in [-0.2, -0.15) is 0 Å². The Balaban J connectivity index is 2.72. The minimum atomic E-state index is -0.364. The van der Waals surface area contributed by atoms with E-state index in [-0.39, 0.29) is 24.7 Å². The van der Waals surface area contributed by atoms with Gasteiger partial charge in [-0.1, -0.05) is 11.6 Å². The maximum atomic E-state index is 13.4. The van der Waals surface area contributed by atoms with Crippen molar-refractivity contribution in [3.05, 3.63) is 34.6 Å². The van der Waals surface area contributed by atoms with E-state index in [1.807, 2.05) is 0 Å². The highest BCUT2D eigenvalue weighted by atomic mass is 35.5. The number of benzene rings is 1. The fraction of sp³-hybridized carbons (Fsp3) is 0.364. The molecule has 5 heteroatoms. The lowest BCUT2D eigenvalue weighted by Crippen LogP contribution is -2.28. The summed E-state index contributed by atoms with van der Waals surface area (Å²) in [6.45, 7) is 0.492. The van der Waals surface area contributed by atoms with Gasteiger partial charge in [-0.05, 0) is 18.2 Å². The molecule has 88 valence electrons. The Morgan fingerprint density at radius 1 is 1.56 bits per heavy atom. The van der Waals surface area contributed by atoms with E-state index >= 15 is 0 Å². The van der Waals surface area contributed by atoms with Crippen LogP contribution in [0.4, 0.5) is 4.39 Å². The summed E-state index contributed by atoms with van der Waals surface area (Å²) in [7, 11) is 1.61. The van der Waals surface area contributed by atoms with Gasteiger partial charge in [-0.3, -0.25) is 4.79 Å². The molecule has 1 aromatic carbocycles. The van der Waals surface area contributed by atoms with Crippen molar-refractivity contribution in [1.29, 1.82) is 0 Å².